The molecule has 0 N–H and O–H groups in total. The third-order valence-corrected chi connectivity index (χ3v) is 6.07. The van der Waals surface area contributed by atoms with Gasteiger partial charge >= 0.3 is 6.09 Å². The lowest BCUT2D eigenvalue weighted by molar-refractivity contribution is 0.0213. The van der Waals surface area contributed by atoms with Gasteiger partial charge in [0, 0.05) is 37.6 Å². The molecule has 2 fully saturated rings. The molecule has 5 nitrogen and oxygen atoms in total. The van der Waals surface area contributed by atoms with Gasteiger partial charge in [0.1, 0.15) is 11.4 Å². The first-order valence-electron chi connectivity index (χ1n) is 9.28. The number of anilines is 1. The Kier molecular flexibility index (Phi) is 4.34. The lowest BCUT2D eigenvalue weighted by atomic mass is 10.1. The number of ether oxygens (including phenoxy) is 1. The molecule has 1 atom stereocenters. The molecule has 1 saturated heterocycles. The predicted octanol–water partition coefficient (Wildman–Crippen LogP) is 3.88. The van der Waals surface area contributed by atoms with E-state index in [9.17, 15) is 4.79 Å². The molecular formula is C19H27N3O2S. The summed E-state index contributed by atoms with van der Waals surface area (Å²) in [7, 11) is 0. The second-order valence-electron chi connectivity index (χ2n) is 8.28. The Morgan fingerprint density at radius 3 is 2.80 bits per heavy atom. The van der Waals surface area contributed by atoms with Crippen molar-refractivity contribution in [2.24, 2.45) is 0 Å². The maximum Gasteiger partial charge on any atom is 0.410 e. The summed E-state index contributed by atoms with van der Waals surface area (Å²) in [6, 6.07) is 2.68. The molecule has 3 aliphatic rings. The minimum Gasteiger partial charge on any atom is -0.444 e. The van der Waals surface area contributed by atoms with Gasteiger partial charge in [0.2, 0.25) is 0 Å². The van der Waals surface area contributed by atoms with E-state index in [-0.39, 0.29) is 6.09 Å². The van der Waals surface area contributed by atoms with Crippen LogP contribution in [0.15, 0.2) is 17.2 Å². The smallest absolute Gasteiger partial charge is 0.410 e. The van der Waals surface area contributed by atoms with Gasteiger partial charge in [-0.25, -0.2) is 9.78 Å². The summed E-state index contributed by atoms with van der Waals surface area (Å²) < 4.78 is 5.55. The van der Waals surface area contributed by atoms with Crippen molar-refractivity contribution in [2.45, 2.75) is 62.5 Å². The van der Waals surface area contributed by atoms with Gasteiger partial charge in [-0.15, -0.1) is 11.8 Å². The molecule has 1 unspecified atom stereocenters. The van der Waals surface area contributed by atoms with Crippen molar-refractivity contribution in [1.82, 2.24) is 9.88 Å². The fourth-order valence-corrected chi connectivity index (χ4v) is 4.72. The van der Waals surface area contributed by atoms with Gasteiger partial charge in [0.25, 0.3) is 0 Å². The minimum atomic E-state index is -0.444. The number of thioether (sulfide) groups is 1. The maximum absolute atomic E-state index is 12.4. The van der Waals surface area contributed by atoms with E-state index in [1.807, 2.05) is 37.4 Å². The van der Waals surface area contributed by atoms with Gasteiger partial charge in [-0.05, 0) is 57.6 Å². The van der Waals surface area contributed by atoms with Crippen molar-refractivity contribution in [2.75, 3.05) is 30.3 Å². The number of nitrogens with zero attached hydrogens (tertiary/aromatic N) is 3. The van der Waals surface area contributed by atoms with E-state index in [1.54, 1.807) is 0 Å². The van der Waals surface area contributed by atoms with E-state index in [0.29, 0.717) is 12.6 Å². The third kappa shape index (κ3) is 3.73. The summed E-state index contributed by atoms with van der Waals surface area (Å²) in [5.74, 6) is 2.92. The Morgan fingerprint density at radius 1 is 1.28 bits per heavy atom. The molecule has 6 heteroatoms. The van der Waals surface area contributed by atoms with E-state index in [1.165, 1.54) is 23.3 Å². The molecule has 1 aromatic heterocycles. The van der Waals surface area contributed by atoms with Gasteiger partial charge in [-0.3, -0.25) is 0 Å². The van der Waals surface area contributed by atoms with Crippen molar-refractivity contribution < 1.29 is 9.53 Å². The van der Waals surface area contributed by atoms with Crippen LogP contribution >= 0.6 is 11.8 Å². The molecule has 0 spiro atoms. The number of carbonyl (C=O) groups is 1. The summed E-state index contributed by atoms with van der Waals surface area (Å²) in [6.45, 7) is 8.00. The average Bonchev–Trinajstić information content (AvgIpc) is 3.39. The zero-order valence-corrected chi connectivity index (χ0v) is 16.1. The average molecular weight is 362 g/mol. The quantitative estimate of drug-likeness (QED) is 0.759. The number of hydrogen-bond donors (Lipinski definition) is 0. The van der Waals surface area contributed by atoms with Crippen LogP contribution in [0.1, 0.15) is 51.5 Å². The highest BCUT2D eigenvalue weighted by atomic mass is 32.2. The van der Waals surface area contributed by atoms with Crippen LogP contribution in [-0.4, -0.2) is 53.0 Å². The van der Waals surface area contributed by atoms with Crippen LogP contribution in [0.2, 0.25) is 0 Å². The molecule has 1 saturated carbocycles. The number of pyridine rings is 1. The summed E-state index contributed by atoms with van der Waals surface area (Å²) in [5, 5.41) is 0. The first-order chi connectivity index (χ1) is 11.9. The largest absolute Gasteiger partial charge is 0.444 e. The van der Waals surface area contributed by atoms with E-state index >= 15 is 0 Å². The second-order valence-corrected chi connectivity index (χ2v) is 9.41. The van der Waals surface area contributed by atoms with Gasteiger partial charge in [0.05, 0.1) is 4.90 Å². The molecule has 3 heterocycles. The Bertz CT molecular complexity index is 669. The Morgan fingerprint density at radius 2 is 2.08 bits per heavy atom. The molecular weight excluding hydrogens is 334 g/mol. The van der Waals surface area contributed by atoms with Gasteiger partial charge in [-0.1, -0.05) is 0 Å². The van der Waals surface area contributed by atoms with Crippen LogP contribution in [0.25, 0.3) is 0 Å². The number of fused-ring (bicyclic) bond motifs is 3. The normalized spacial score (nSPS) is 23.6. The number of rotatable bonds is 1. The number of amides is 1. The molecule has 0 bridgehead atoms. The van der Waals surface area contributed by atoms with Gasteiger partial charge in [-0.2, -0.15) is 0 Å². The SMILES string of the molecule is CC(C)(C)OC(=O)N1CCN2c3ncc(C4CC4)cc3SCCC2C1. The topological polar surface area (TPSA) is 45.7 Å². The van der Waals surface area contributed by atoms with Crippen LogP contribution in [-0.2, 0) is 4.74 Å². The summed E-state index contributed by atoms with van der Waals surface area (Å²) in [5.41, 5.74) is 0.957. The molecule has 1 aliphatic carbocycles. The summed E-state index contributed by atoms with van der Waals surface area (Å²) >= 11 is 1.92. The molecule has 25 heavy (non-hydrogen) atoms. The zero-order valence-electron chi connectivity index (χ0n) is 15.3. The van der Waals surface area contributed by atoms with Crippen molar-refractivity contribution in [3.8, 4) is 0 Å². The highest BCUT2D eigenvalue weighted by Gasteiger charge is 2.35. The van der Waals surface area contributed by atoms with Crippen LogP contribution in [0.3, 0.4) is 0 Å². The standard InChI is InChI=1S/C19H27N3O2S/c1-19(2,3)24-18(23)21-7-8-22-15(12-21)6-9-25-16-10-14(13-4-5-13)11-20-17(16)22/h10-11,13,15H,4-9,12H2,1-3H3. The van der Waals surface area contributed by atoms with Gasteiger partial charge in [0.15, 0.2) is 0 Å². The van der Waals surface area contributed by atoms with Crippen molar-refractivity contribution in [3.63, 3.8) is 0 Å². The van der Waals surface area contributed by atoms with E-state index in [0.717, 1.165) is 37.0 Å². The zero-order chi connectivity index (χ0) is 17.6. The number of piperazine rings is 1. The monoisotopic (exact) mass is 361 g/mol. The van der Waals surface area contributed by atoms with Crippen molar-refractivity contribution in [1.29, 1.82) is 0 Å². The van der Waals surface area contributed by atoms with Crippen LogP contribution < -0.4 is 4.90 Å². The highest BCUT2D eigenvalue weighted by Crippen LogP contribution is 2.43. The molecule has 2 aliphatic heterocycles. The molecule has 136 valence electrons. The van der Waals surface area contributed by atoms with Crippen molar-refractivity contribution in [3.05, 3.63) is 17.8 Å². The summed E-state index contributed by atoms with van der Waals surface area (Å²) in [4.78, 5) is 22.8. The number of carbonyl (C=O) groups excluding carboxylic acids is 1. The first-order valence-corrected chi connectivity index (χ1v) is 10.3. The van der Waals surface area contributed by atoms with Crippen LogP contribution in [0, 0.1) is 0 Å². The van der Waals surface area contributed by atoms with E-state index < -0.39 is 5.60 Å². The molecule has 0 aromatic carbocycles. The van der Waals surface area contributed by atoms with Crippen LogP contribution in [0.5, 0.6) is 0 Å². The minimum absolute atomic E-state index is 0.193. The molecule has 1 aromatic rings. The van der Waals surface area contributed by atoms with Crippen molar-refractivity contribution >= 4 is 23.7 Å². The van der Waals surface area contributed by atoms with Crippen LogP contribution in [0.4, 0.5) is 10.6 Å². The maximum atomic E-state index is 12.4. The van der Waals surface area contributed by atoms with E-state index in [4.69, 9.17) is 9.72 Å². The molecule has 0 radical (unpaired) electrons. The van der Waals surface area contributed by atoms with E-state index in [2.05, 4.69) is 17.2 Å². The first kappa shape index (κ1) is 17.0. The molecule has 4 rings (SSSR count). The Hall–Kier alpha value is -1.43. The Balaban J connectivity index is 1.50. The third-order valence-electron chi connectivity index (χ3n) is 5.02. The summed E-state index contributed by atoms with van der Waals surface area (Å²) in [6.07, 6.45) is 5.56. The predicted molar refractivity (Wildman–Crippen MR) is 100 cm³/mol. The fourth-order valence-electron chi connectivity index (χ4n) is 3.59. The molecule has 1 amide bonds. The lowest BCUT2D eigenvalue weighted by Gasteiger charge is -2.41. The van der Waals surface area contributed by atoms with Gasteiger partial charge < -0.3 is 14.5 Å². The highest BCUT2D eigenvalue weighted by molar-refractivity contribution is 7.99. The number of hydrogen-bond acceptors (Lipinski definition) is 5. The Labute approximate surface area is 154 Å². The number of aromatic nitrogens is 1. The lowest BCUT2D eigenvalue weighted by Crippen LogP contribution is -2.55. The fraction of sp³-hybridized carbons (Fsp3) is 0.684. The second kappa shape index (κ2) is 6.38.